The molecule has 3 nitrogen and oxygen atoms in total. The van der Waals surface area contributed by atoms with E-state index in [2.05, 4.69) is 27.7 Å². The Hall–Kier alpha value is -0.730. The Morgan fingerprint density at radius 2 is 2.00 bits per heavy atom. The SMILES string of the molecule is CC(C)COC(=O)N1CCCCC1C(C)C. The zero-order valence-electron chi connectivity index (χ0n) is 11.0. The van der Waals surface area contributed by atoms with Crippen LogP contribution in [0.5, 0.6) is 0 Å². The van der Waals surface area contributed by atoms with Crippen LogP contribution in [0.25, 0.3) is 0 Å². The van der Waals surface area contributed by atoms with Crippen molar-refractivity contribution in [1.29, 1.82) is 0 Å². The number of rotatable bonds is 3. The summed E-state index contributed by atoms with van der Waals surface area (Å²) < 4.78 is 5.31. The molecule has 3 heteroatoms. The van der Waals surface area contributed by atoms with E-state index in [-0.39, 0.29) is 6.09 Å². The zero-order chi connectivity index (χ0) is 12.1. The summed E-state index contributed by atoms with van der Waals surface area (Å²) in [7, 11) is 0. The Balaban J connectivity index is 2.50. The Labute approximate surface area is 99.1 Å². The number of amides is 1. The topological polar surface area (TPSA) is 29.5 Å². The lowest BCUT2D eigenvalue weighted by Gasteiger charge is -2.37. The van der Waals surface area contributed by atoms with Gasteiger partial charge in [0.15, 0.2) is 0 Å². The average Bonchev–Trinajstić information content (AvgIpc) is 2.25. The van der Waals surface area contributed by atoms with Gasteiger partial charge in [-0.05, 0) is 31.1 Å². The number of piperidine rings is 1. The standard InChI is InChI=1S/C13H25NO2/c1-10(2)9-16-13(15)14-8-6-5-7-12(14)11(3)4/h10-12H,5-9H2,1-4H3. The molecule has 1 saturated heterocycles. The van der Waals surface area contributed by atoms with Gasteiger partial charge in [0, 0.05) is 12.6 Å². The molecule has 1 unspecified atom stereocenters. The molecule has 0 N–H and O–H groups in total. The van der Waals surface area contributed by atoms with Gasteiger partial charge in [0.25, 0.3) is 0 Å². The predicted molar refractivity (Wildman–Crippen MR) is 65.4 cm³/mol. The molecule has 0 spiro atoms. The summed E-state index contributed by atoms with van der Waals surface area (Å²) in [5.41, 5.74) is 0. The molecule has 0 aromatic carbocycles. The highest BCUT2D eigenvalue weighted by Gasteiger charge is 2.29. The van der Waals surface area contributed by atoms with Gasteiger partial charge < -0.3 is 9.64 Å². The maximum atomic E-state index is 11.9. The number of carbonyl (C=O) groups excluding carboxylic acids is 1. The number of likely N-dealkylation sites (tertiary alicyclic amines) is 1. The van der Waals surface area contributed by atoms with Crippen molar-refractivity contribution < 1.29 is 9.53 Å². The molecular formula is C13H25NO2. The summed E-state index contributed by atoms with van der Waals surface area (Å²) in [5, 5.41) is 0. The summed E-state index contributed by atoms with van der Waals surface area (Å²) in [4.78, 5) is 13.8. The average molecular weight is 227 g/mol. The predicted octanol–water partition coefficient (Wildman–Crippen LogP) is 3.29. The van der Waals surface area contributed by atoms with Crippen LogP contribution in [0.3, 0.4) is 0 Å². The van der Waals surface area contributed by atoms with E-state index in [1.165, 1.54) is 6.42 Å². The normalized spacial score (nSPS) is 21.6. The second-order valence-corrected chi connectivity index (χ2v) is 5.47. The minimum absolute atomic E-state index is 0.118. The fourth-order valence-electron chi connectivity index (χ4n) is 2.20. The van der Waals surface area contributed by atoms with Crippen LogP contribution >= 0.6 is 0 Å². The maximum Gasteiger partial charge on any atom is 0.410 e. The lowest BCUT2D eigenvalue weighted by molar-refractivity contribution is 0.0541. The Morgan fingerprint density at radius 1 is 1.31 bits per heavy atom. The third-order valence-corrected chi connectivity index (χ3v) is 3.09. The number of nitrogens with zero attached hydrogens (tertiary/aromatic N) is 1. The molecule has 1 heterocycles. The minimum atomic E-state index is -0.118. The second kappa shape index (κ2) is 6.12. The molecule has 1 aliphatic heterocycles. The fraction of sp³-hybridized carbons (Fsp3) is 0.923. The molecule has 1 aliphatic rings. The number of hydrogen-bond acceptors (Lipinski definition) is 2. The molecule has 0 aromatic rings. The number of hydrogen-bond donors (Lipinski definition) is 0. The van der Waals surface area contributed by atoms with Crippen LogP contribution in [-0.4, -0.2) is 30.2 Å². The van der Waals surface area contributed by atoms with Gasteiger partial charge in [0.2, 0.25) is 0 Å². The van der Waals surface area contributed by atoms with Crippen molar-refractivity contribution in [3.8, 4) is 0 Å². The highest BCUT2D eigenvalue weighted by molar-refractivity contribution is 5.68. The van der Waals surface area contributed by atoms with Crippen molar-refractivity contribution >= 4 is 6.09 Å². The highest BCUT2D eigenvalue weighted by atomic mass is 16.6. The summed E-state index contributed by atoms with van der Waals surface area (Å²) in [6.45, 7) is 9.87. The van der Waals surface area contributed by atoms with Crippen molar-refractivity contribution in [3.05, 3.63) is 0 Å². The van der Waals surface area contributed by atoms with Gasteiger partial charge in [0.05, 0.1) is 6.61 Å². The van der Waals surface area contributed by atoms with E-state index in [0.29, 0.717) is 24.5 Å². The molecule has 1 rings (SSSR count). The first-order valence-electron chi connectivity index (χ1n) is 6.45. The van der Waals surface area contributed by atoms with Gasteiger partial charge >= 0.3 is 6.09 Å². The van der Waals surface area contributed by atoms with Crippen molar-refractivity contribution in [2.24, 2.45) is 11.8 Å². The van der Waals surface area contributed by atoms with Crippen LogP contribution in [0, 0.1) is 11.8 Å². The summed E-state index contributed by atoms with van der Waals surface area (Å²) in [6.07, 6.45) is 3.35. The van der Waals surface area contributed by atoms with Crippen molar-refractivity contribution in [2.75, 3.05) is 13.2 Å². The first-order valence-corrected chi connectivity index (χ1v) is 6.45. The number of ether oxygens (including phenoxy) is 1. The van der Waals surface area contributed by atoms with E-state index in [4.69, 9.17) is 4.74 Å². The second-order valence-electron chi connectivity index (χ2n) is 5.47. The Kier molecular flexibility index (Phi) is 5.10. The van der Waals surface area contributed by atoms with Crippen molar-refractivity contribution in [3.63, 3.8) is 0 Å². The lowest BCUT2D eigenvalue weighted by atomic mass is 9.93. The van der Waals surface area contributed by atoms with Crippen LogP contribution < -0.4 is 0 Å². The van der Waals surface area contributed by atoms with Gasteiger partial charge in [-0.25, -0.2) is 4.79 Å². The van der Waals surface area contributed by atoms with E-state index in [1.807, 2.05) is 4.90 Å². The molecule has 0 bridgehead atoms. The molecule has 1 amide bonds. The largest absolute Gasteiger partial charge is 0.449 e. The molecular weight excluding hydrogens is 202 g/mol. The zero-order valence-corrected chi connectivity index (χ0v) is 11.0. The van der Waals surface area contributed by atoms with Gasteiger partial charge in [-0.2, -0.15) is 0 Å². The third kappa shape index (κ3) is 3.69. The summed E-state index contributed by atoms with van der Waals surface area (Å²) >= 11 is 0. The molecule has 0 radical (unpaired) electrons. The molecule has 0 aliphatic carbocycles. The minimum Gasteiger partial charge on any atom is -0.449 e. The van der Waals surface area contributed by atoms with Crippen LogP contribution in [0.15, 0.2) is 0 Å². The van der Waals surface area contributed by atoms with Crippen molar-refractivity contribution in [1.82, 2.24) is 4.90 Å². The third-order valence-electron chi connectivity index (χ3n) is 3.09. The van der Waals surface area contributed by atoms with E-state index < -0.39 is 0 Å². The molecule has 94 valence electrons. The molecule has 0 aromatic heterocycles. The van der Waals surface area contributed by atoms with Crippen LogP contribution in [0.1, 0.15) is 47.0 Å². The molecule has 0 saturated carbocycles. The number of carbonyl (C=O) groups is 1. The first kappa shape index (κ1) is 13.3. The lowest BCUT2D eigenvalue weighted by Crippen LogP contribution is -2.46. The molecule has 1 atom stereocenters. The maximum absolute atomic E-state index is 11.9. The Morgan fingerprint density at radius 3 is 2.56 bits per heavy atom. The Bertz CT molecular complexity index is 226. The van der Waals surface area contributed by atoms with Gasteiger partial charge in [0.1, 0.15) is 0 Å². The highest BCUT2D eigenvalue weighted by Crippen LogP contribution is 2.23. The quantitative estimate of drug-likeness (QED) is 0.740. The monoisotopic (exact) mass is 227 g/mol. The summed E-state index contributed by atoms with van der Waals surface area (Å²) in [5.74, 6) is 0.929. The van der Waals surface area contributed by atoms with Crippen LogP contribution in [0.4, 0.5) is 4.79 Å². The smallest absolute Gasteiger partial charge is 0.410 e. The van der Waals surface area contributed by atoms with Gasteiger partial charge in [-0.15, -0.1) is 0 Å². The van der Waals surface area contributed by atoms with E-state index in [9.17, 15) is 4.79 Å². The summed E-state index contributed by atoms with van der Waals surface area (Å²) in [6, 6.07) is 0.369. The molecule has 16 heavy (non-hydrogen) atoms. The van der Waals surface area contributed by atoms with E-state index in [0.717, 1.165) is 19.4 Å². The first-order chi connectivity index (χ1) is 7.52. The van der Waals surface area contributed by atoms with E-state index in [1.54, 1.807) is 0 Å². The van der Waals surface area contributed by atoms with Crippen LogP contribution in [-0.2, 0) is 4.74 Å². The van der Waals surface area contributed by atoms with E-state index >= 15 is 0 Å². The fourth-order valence-corrected chi connectivity index (χ4v) is 2.20. The van der Waals surface area contributed by atoms with Gasteiger partial charge in [-0.3, -0.25) is 0 Å². The van der Waals surface area contributed by atoms with Crippen molar-refractivity contribution in [2.45, 2.75) is 53.0 Å². The van der Waals surface area contributed by atoms with Gasteiger partial charge in [-0.1, -0.05) is 27.7 Å². The van der Waals surface area contributed by atoms with Crippen LogP contribution in [0.2, 0.25) is 0 Å². The molecule has 1 fully saturated rings.